The average molecular weight is 430 g/mol. The first kappa shape index (κ1) is 19.5. The SMILES string of the molecule is N#Cc1cnc2ccc(Cl)cc2c1N1CCN(Cc2nc(N)c3ccccc3n2)CC1. The van der Waals surface area contributed by atoms with Crippen LogP contribution in [0.25, 0.3) is 21.8 Å². The molecule has 2 aromatic carbocycles. The molecule has 1 aliphatic heterocycles. The van der Waals surface area contributed by atoms with Crippen molar-refractivity contribution < 1.29 is 0 Å². The fraction of sp³-hybridized carbons (Fsp3) is 0.217. The molecule has 2 N–H and O–H groups in total. The zero-order valence-electron chi connectivity index (χ0n) is 16.8. The molecule has 0 aliphatic carbocycles. The van der Waals surface area contributed by atoms with Crippen LogP contribution in [-0.2, 0) is 6.54 Å². The van der Waals surface area contributed by atoms with Gasteiger partial charge in [-0.1, -0.05) is 23.7 Å². The number of aromatic nitrogens is 3. The van der Waals surface area contributed by atoms with Crippen LogP contribution in [0.3, 0.4) is 0 Å². The number of benzene rings is 2. The Labute approximate surface area is 184 Å². The number of nitriles is 1. The molecule has 2 aromatic heterocycles. The van der Waals surface area contributed by atoms with E-state index >= 15 is 0 Å². The summed E-state index contributed by atoms with van der Waals surface area (Å²) in [4.78, 5) is 18.1. The first-order chi connectivity index (χ1) is 15.1. The van der Waals surface area contributed by atoms with E-state index in [0.717, 1.165) is 59.5 Å². The Bertz CT molecular complexity index is 1320. The van der Waals surface area contributed by atoms with Crippen LogP contribution in [0.15, 0.2) is 48.7 Å². The number of nitrogens with two attached hydrogens (primary N) is 1. The van der Waals surface area contributed by atoms with Crippen LogP contribution in [-0.4, -0.2) is 46.0 Å². The fourth-order valence-corrected chi connectivity index (χ4v) is 4.30. The largest absolute Gasteiger partial charge is 0.383 e. The van der Waals surface area contributed by atoms with E-state index in [2.05, 4.69) is 30.8 Å². The summed E-state index contributed by atoms with van der Waals surface area (Å²) in [5, 5.41) is 12.1. The highest BCUT2D eigenvalue weighted by Gasteiger charge is 2.22. The number of hydrogen-bond acceptors (Lipinski definition) is 7. The van der Waals surface area contributed by atoms with Gasteiger partial charge in [0.15, 0.2) is 0 Å². The van der Waals surface area contributed by atoms with Gasteiger partial charge in [-0.15, -0.1) is 0 Å². The van der Waals surface area contributed by atoms with E-state index in [1.807, 2.05) is 42.5 Å². The minimum absolute atomic E-state index is 0.512. The number of anilines is 2. The molecule has 7 nitrogen and oxygen atoms in total. The van der Waals surface area contributed by atoms with Crippen LogP contribution < -0.4 is 10.6 Å². The molecule has 0 radical (unpaired) electrons. The van der Waals surface area contributed by atoms with E-state index in [9.17, 15) is 5.26 Å². The van der Waals surface area contributed by atoms with Gasteiger partial charge in [0.1, 0.15) is 17.7 Å². The lowest BCUT2D eigenvalue weighted by Gasteiger charge is -2.36. The van der Waals surface area contributed by atoms with Crippen molar-refractivity contribution in [3.05, 3.63) is 65.1 Å². The quantitative estimate of drug-likeness (QED) is 0.531. The predicted octanol–water partition coefficient (Wildman–Crippen LogP) is 3.61. The first-order valence-corrected chi connectivity index (χ1v) is 10.5. The monoisotopic (exact) mass is 429 g/mol. The van der Waals surface area contributed by atoms with Gasteiger partial charge in [0.25, 0.3) is 0 Å². The average Bonchev–Trinajstić information content (AvgIpc) is 2.79. The van der Waals surface area contributed by atoms with E-state index in [1.165, 1.54) is 0 Å². The van der Waals surface area contributed by atoms with E-state index in [4.69, 9.17) is 17.3 Å². The molecule has 0 atom stereocenters. The molecule has 0 spiro atoms. The van der Waals surface area contributed by atoms with Gasteiger partial charge in [0.2, 0.25) is 0 Å². The maximum Gasteiger partial charge on any atom is 0.145 e. The molecule has 8 heteroatoms. The molecule has 1 saturated heterocycles. The highest BCUT2D eigenvalue weighted by Crippen LogP contribution is 2.32. The summed E-state index contributed by atoms with van der Waals surface area (Å²) < 4.78 is 0. The lowest BCUT2D eigenvalue weighted by atomic mass is 10.1. The van der Waals surface area contributed by atoms with Crippen LogP contribution >= 0.6 is 11.6 Å². The smallest absolute Gasteiger partial charge is 0.145 e. The second-order valence-electron chi connectivity index (χ2n) is 7.60. The summed E-state index contributed by atoms with van der Waals surface area (Å²) in [6, 6.07) is 15.7. The summed E-state index contributed by atoms with van der Waals surface area (Å²) in [7, 11) is 0. The van der Waals surface area contributed by atoms with Crippen molar-refractivity contribution in [2.75, 3.05) is 36.8 Å². The number of pyridine rings is 1. The zero-order chi connectivity index (χ0) is 21.4. The molecule has 0 unspecified atom stereocenters. The molecular formula is C23H20ClN7. The third kappa shape index (κ3) is 3.72. The molecule has 5 rings (SSSR count). The van der Waals surface area contributed by atoms with Gasteiger partial charge < -0.3 is 10.6 Å². The van der Waals surface area contributed by atoms with Gasteiger partial charge in [-0.2, -0.15) is 5.26 Å². The van der Waals surface area contributed by atoms with Gasteiger partial charge in [0, 0.05) is 48.2 Å². The molecular weight excluding hydrogens is 410 g/mol. The standard InChI is InChI=1S/C23H20ClN7/c24-16-5-6-19-18(11-16)22(15(12-25)13-27-19)31-9-7-30(8-10-31)14-21-28-20-4-2-1-3-17(20)23(26)29-21/h1-6,11,13H,7-10,14H2,(H2,26,28,29). The van der Waals surface area contributed by atoms with Crippen LogP contribution in [0.5, 0.6) is 0 Å². The molecule has 1 aliphatic rings. The van der Waals surface area contributed by atoms with Crippen molar-refractivity contribution in [1.29, 1.82) is 5.26 Å². The second-order valence-corrected chi connectivity index (χ2v) is 8.04. The molecule has 154 valence electrons. The number of hydrogen-bond donors (Lipinski definition) is 1. The van der Waals surface area contributed by atoms with Crippen molar-refractivity contribution in [1.82, 2.24) is 19.9 Å². The third-order valence-electron chi connectivity index (χ3n) is 5.65. The molecule has 1 fully saturated rings. The minimum Gasteiger partial charge on any atom is -0.383 e. The van der Waals surface area contributed by atoms with Gasteiger partial charge >= 0.3 is 0 Å². The summed E-state index contributed by atoms with van der Waals surface area (Å²) in [6.45, 7) is 3.85. The van der Waals surface area contributed by atoms with E-state index in [0.29, 0.717) is 22.9 Å². The van der Waals surface area contributed by atoms with Gasteiger partial charge in [-0.25, -0.2) is 9.97 Å². The minimum atomic E-state index is 0.512. The normalized spacial score (nSPS) is 14.8. The zero-order valence-corrected chi connectivity index (χ0v) is 17.5. The molecule has 31 heavy (non-hydrogen) atoms. The Morgan fingerprint density at radius 2 is 1.81 bits per heavy atom. The number of nitrogens with zero attached hydrogens (tertiary/aromatic N) is 6. The maximum absolute atomic E-state index is 9.65. The summed E-state index contributed by atoms with van der Waals surface area (Å²) in [5.41, 5.74) is 9.30. The lowest BCUT2D eigenvalue weighted by molar-refractivity contribution is 0.244. The second kappa shape index (κ2) is 7.99. The van der Waals surface area contributed by atoms with E-state index < -0.39 is 0 Å². The van der Waals surface area contributed by atoms with Crippen LogP contribution in [0.4, 0.5) is 11.5 Å². The Hall–Kier alpha value is -3.47. The summed E-state index contributed by atoms with van der Waals surface area (Å²) >= 11 is 6.23. The van der Waals surface area contributed by atoms with Crippen LogP contribution in [0.2, 0.25) is 5.02 Å². The number of piperazine rings is 1. The Morgan fingerprint density at radius 1 is 1.00 bits per heavy atom. The van der Waals surface area contributed by atoms with Crippen LogP contribution in [0.1, 0.15) is 11.4 Å². The van der Waals surface area contributed by atoms with Crippen molar-refractivity contribution in [3.63, 3.8) is 0 Å². The van der Waals surface area contributed by atoms with E-state index in [-0.39, 0.29) is 0 Å². The number of rotatable bonds is 3. The highest BCUT2D eigenvalue weighted by atomic mass is 35.5. The fourth-order valence-electron chi connectivity index (χ4n) is 4.12. The molecule has 3 heterocycles. The molecule has 0 amide bonds. The number of fused-ring (bicyclic) bond motifs is 2. The van der Waals surface area contributed by atoms with E-state index in [1.54, 1.807) is 6.20 Å². The Kier molecular flexibility index (Phi) is 5.02. The molecule has 0 bridgehead atoms. The summed E-state index contributed by atoms with van der Waals surface area (Å²) in [6.07, 6.45) is 1.64. The number of para-hydroxylation sites is 1. The van der Waals surface area contributed by atoms with Crippen molar-refractivity contribution in [2.24, 2.45) is 0 Å². The maximum atomic E-state index is 9.65. The molecule has 4 aromatic rings. The number of nitrogen functional groups attached to an aromatic ring is 1. The van der Waals surface area contributed by atoms with Gasteiger partial charge in [-0.3, -0.25) is 9.88 Å². The highest BCUT2D eigenvalue weighted by molar-refractivity contribution is 6.31. The van der Waals surface area contributed by atoms with Gasteiger partial charge in [-0.05, 0) is 30.3 Å². The summed E-state index contributed by atoms with van der Waals surface area (Å²) in [5.74, 6) is 1.24. The van der Waals surface area contributed by atoms with Gasteiger partial charge in [0.05, 0.1) is 28.8 Å². The van der Waals surface area contributed by atoms with Crippen molar-refractivity contribution in [2.45, 2.75) is 6.54 Å². The van der Waals surface area contributed by atoms with Crippen LogP contribution in [0, 0.1) is 11.3 Å². The third-order valence-corrected chi connectivity index (χ3v) is 5.89. The first-order valence-electron chi connectivity index (χ1n) is 10.1. The Morgan fingerprint density at radius 3 is 2.61 bits per heavy atom. The topological polar surface area (TPSA) is 95.0 Å². The predicted molar refractivity (Wildman–Crippen MR) is 123 cm³/mol. The number of halogens is 1. The lowest BCUT2D eigenvalue weighted by Crippen LogP contribution is -2.46. The molecule has 0 saturated carbocycles. The Balaban J connectivity index is 1.37. The van der Waals surface area contributed by atoms with Crippen molar-refractivity contribution in [3.8, 4) is 6.07 Å². The van der Waals surface area contributed by atoms with Crippen molar-refractivity contribution >= 4 is 44.9 Å².